The molecule has 95 heavy (non-hydrogen) atoms. The van der Waals surface area contributed by atoms with Crippen LogP contribution in [0.2, 0.25) is 0 Å². The summed E-state index contributed by atoms with van der Waals surface area (Å²) in [7, 11) is -9.91. The van der Waals surface area contributed by atoms with Crippen molar-refractivity contribution in [3.63, 3.8) is 0 Å². The van der Waals surface area contributed by atoms with Gasteiger partial charge in [0.1, 0.15) is 19.3 Å². The maximum Gasteiger partial charge on any atom is 0.472 e. The number of ether oxygens (including phenoxy) is 4. The summed E-state index contributed by atoms with van der Waals surface area (Å²) in [5.41, 5.74) is 0. The molecular formula is C76H148O17P2. The number of carbonyl (C=O) groups excluding carboxylic acids is 4. The average molecular weight is 1400 g/mol. The van der Waals surface area contributed by atoms with Gasteiger partial charge in [0.25, 0.3) is 0 Å². The fourth-order valence-corrected chi connectivity index (χ4v) is 13.1. The Labute approximate surface area is 581 Å². The van der Waals surface area contributed by atoms with Crippen molar-refractivity contribution in [3.05, 3.63) is 0 Å². The molecule has 19 heteroatoms. The number of aliphatic hydroxyl groups is 1. The Kier molecular flexibility index (Phi) is 64.0. The molecule has 0 aliphatic rings. The van der Waals surface area contributed by atoms with Crippen LogP contribution in [0.15, 0.2) is 0 Å². The first-order valence-electron chi connectivity index (χ1n) is 39.2. The van der Waals surface area contributed by atoms with E-state index in [2.05, 4.69) is 55.4 Å². The van der Waals surface area contributed by atoms with Crippen LogP contribution in [0.4, 0.5) is 0 Å². The van der Waals surface area contributed by atoms with E-state index < -0.39 is 97.5 Å². The number of hydrogen-bond acceptors (Lipinski definition) is 15. The molecule has 0 aromatic heterocycles. The third-order valence-corrected chi connectivity index (χ3v) is 19.8. The van der Waals surface area contributed by atoms with E-state index in [1.165, 1.54) is 180 Å². The lowest BCUT2D eigenvalue weighted by atomic mass is 9.99. The van der Waals surface area contributed by atoms with Crippen LogP contribution in [0.25, 0.3) is 0 Å². The van der Waals surface area contributed by atoms with Gasteiger partial charge in [-0.1, -0.05) is 331 Å². The molecule has 0 saturated heterocycles. The first-order valence-corrected chi connectivity index (χ1v) is 42.2. The smallest absolute Gasteiger partial charge is 0.462 e. The van der Waals surface area contributed by atoms with E-state index in [1.54, 1.807) is 0 Å². The number of esters is 4. The first-order chi connectivity index (χ1) is 45.6. The molecule has 0 amide bonds. The van der Waals surface area contributed by atoms with Crippen molar-refractivity contribution in [2.75, 3.05) is 39.6 Å². The van der Waals surface area contributed by atoms with Crippen LogP contribution in [0.3, 0.4) is 0 Å². The van der Waals surface area contributed by atoms with Crippen molar-refractivity contribution >= 4 is 39.5 Å². The van der Waals surface area contributed by atoms with Crippen LogP contribution in [0.5, 0.6) is 0 Å². The Morgan fingerprint density at radius 1 is 0.295 bits per heavy atom. The fourth-order valence-electron chi connectivity index (χ4n) is 11.5. The lowest BCUT2D eigenvalue weighted by Crippen LogP contribution is -2.30. The zero-order valence-corrected chi connectivity index (χ0v) is 64.1. The van der Waals surface area contributed by atoms with Gasteiger partial charge in [0.15, 0.2) is 12.2 Å². The molecular weight excluding hydrogens is 1250 g/mol. The standard InChI is InChI=1S/C76H148O17P2/c1-9-69(8)55-47-39-31-22-18-16-14-12-10-11-13-15-17-19-23-33-42-50-58-75(80)92-72(63-87-74(79)57-49-41-35-27-30-38-46-54-68(6)7)65-91-95(84,85)89-61-70(77)60-88-94(82,83)90-64-71(93-76(81)59-51-43-34-26-25-29-37-45-53-67(4)5)62-86-73(78)56-48-40-32-24-20-21-28-36-44-52-66(2)3/h66-72,77H,9-65H2,1-8H3,(H,82,83)(H,84,85)/t69?,70?,71-,72-/m1/s1. The summed E-state index contributed by atoms with van der Waals surface area (Å²) in [5, 5.41) is 10.6. The molecule has 17 nitrogen and oxygen atoms in total. The van der Waals surface area contributed by atoms with Crippen molar-refractivity contribution in [3.8, 4) is 0 Å². The van der Waals surface area contributed by atoms with Gasteiger partial charge in [-0.3, -0.25) is 37.3 Å². The molecule has 4 unspecified atom stereocenters. The van der Waals surface area contributed by atoms with Crippen LogP contribution in [0, 0.1) is 23.7 Å². The monoisotopic (exact) mass is 1400 g/mol. The molecule has 3 N–H and O–H groups in total. The van der Waals surface area contributed by atoms with Gasteiger partial charge >= 0.3 is 39.5 Å². The van der Waals surface area contributed by atoms with Gasteiger partial charge in [-0.25, -0.2) is 9.13 Å². The Balaban J connectivity index is 5.16. The van der Waals surface area contributed by atoms with Gasteiger partial charge in [-0.2, -0.15) is 0 Å². The average Bonchev–Trinajstić information content (AvgIpc) is 3.28. The second-order valence-electron chi connectivity index (χ2n) is 29.1. The molecule has 0 aromatic carbocycles. The van der Waals surface area contributed by atoms with Gasteiger partial charge in [0.2, 0.25) is 0 Å². The second kappa shape index (κ2) is 65.4. The Morgan fingerprint density at radius 2 is 0.505 bits per heavy atom. The summed E-state index contributed by atoms with van der Waals surface area (Å²) in [4.78, 5) is 72.7. The molecule has 0 heterocycles. The fraction of sp³-hybridized carbons (Fsp3) is 0.947. The molecule has 0 spiro atoms. The highest BCUT2D eigenvalue weighted by Crippen LogP contribution is 2.45. The Morgan fingerprint density at radius 3 is 0.747 bits per heavy atom. The van der Waals surface area contributed by atoms with E-state index in [1.807, 2.05) is 0 Å². The number of phosphoric acid groups is 2. The predicted octanol–water partition coefficient (Wildman–Crippen LogP) is 22.0. The molecule has 0 aromatic rings. The number of unbranched alkanes of at least 4 members (excludes halogenated alkanes) is 38. The van der Waals surface area contributed by atoms with Crippen LogP contribution in [-0.2, 0) is 65.4 Å². The molecule has 0 saturated carbocycles. The van der Waals surface area contributed by atoms with Crippen molar-refractivity contribution in [1.29, 1.82) is 0 Å². The summed E-state index contributed by atoms with van der Waals surface area (Å²) in [5.74, 6) is 0.913. The number of carbonyl (C=O) groups is 4. The third-order valence-electron chi connectivity index (χ3n) is 17.9. The van der Waals surface area contributed by atoms with Gasteiger partial charge in [-0.05, 0) is 49.4 Å². The van der Waals surface area contributed by atoms with Gasteiger partial charge in [0.05, 0.1) is 26.4 Å². The zero-order chi connectivity index (χ0) is 70.3. The van der Waals surface area contributed by atoms with Crippen molar-refractivity contribution in [2.45, 2.75) is 401 Å². The minimum absolute atomic E-state index is 0.104. The summed E-state index contributed by atoms with van der Waals surface area (Å²) >= 11 is 0. The van der Waals surface area contributed by atoms with E-state index in [-0.39, 0.29) is 25.7 Å². The lowest BCUT2D eigenvalue weighted by molar-refractivity contribution is -0.161. The topological polar surface area (TPSA) is 237 Å². The third kappa shape index (κ3) is 69.0. The summed E-state index contributed by atoms with van der Waals surface area (Å²) < 4.78 is 68.4. The highest BCUT2D eigenvalue weighted by molar-refractivity contribution is 7.47. The maximum atomic E-state index is 13.1. The van der Waals surface area contributed by atoms with Crippen LogP contribution in [-0.4, -0.2) is 96.7 Å². The van der Waals surface area contributed by atoms with Crippen molar-refractivity contribution in [2.24, 2.45) is 23.7 Å². The molecule has 0 rings (SSSR count). The van der Waals surface area contributed by atoms with E-state index in [9.17, 15) is 43.2 Å². The SMILES string of the molecule is CCC(C)CCCCCCCCCCCCCCCCCCCCC(=O)O[C@H](COC(=O)CCCCCCCCCC(C)C)COP(=O)(O)OCC(O)COP(=O)(O)OC[C@@H](COC(=O)CCCCCCCCCCCC(C)C)OC(=O)CCCCCCCCCCC(C)C. The van der Waals surface area contributed by atoms with Crippen LogP contribution in [0.1, 0.15) is 383 Å². The van der Waals surface area contributed by atoms with E-state index >= 15 is 0 Å². The van der Waals surface area contributed by atoms with Crippen molar-refractivity contribution < 1.29 is 80.2 Å². The number of aliphatic hydroxyl groups excluding tert-OH is 1. The van der Waals surface area contributed by atoms with Crippen LogP contribution < -0.4 is 0 Å². The molecule has 0 radical (unpaired) electrons. The number of rotatable bonds is 73. The summed E-state index contributed by atoms with van der Waals surface area (Å²) in [6.07, 6.45) is 50.2. The molecule has 0 bridgehead atoms. The number of hydrogen-bond donors (Lipinski definition) is 3. The van der Waals surface area contributed by atoms with Gasteiger partial charge < -0.3 is 33.8 Å². The second-order valence-corrected chi connectivity index (χ2v) is 32.0. The first kappa shape index (κ1) is 93.1. The number of phosphoric ester groups is 2. The van der Waals surface area contributed by atoms with Gasteiger partial charge in [0, 0.05) is 25.7 Å². The minimum Gasteiger partial charge on any atom is -0.462 e. The Bertz CT molecular complexity index is 1870. The Hall–Kier alpha value is -1.94. The van der Waals surface area contributed by atoms with Crippen LogP contribution >= 0.6 is 15.6 Å². The quantitative estimate of drug-likeness (QED) is 0.0222. The highest BCUT2D eigenvalue weighted by Gasteiger charge is 2.30. The van der Waals surface area contributed by atoms with E-state index in [0.29, 0.717) is 31.6 Å². The lowest BCUT2D eigenvalue weighted by Gasteiger charge is -2.21. The largest absolute Gasteiger partial charge is 0.472 e. The van der Waals surface area contributed by atoms with E-state index in [0.717, 1.165) is 114 Å². The predicted molar refractivity (Wildman–Crippen MR) is 386 cm³/mol. The van der Waals surface area contributed by atoms with E-state index in [4.69, 9.17) is 37.0 Å². The molecule has 0 fully saturated rings. The normalized spacial score (nSPS) is 14.4. The molecule has 0 aliphatic heterocycles. The van der Waals surface area contributed by atoms with Gasteiger partial charge in [-0.15, -0.1) is 0 Å². The zero-order valence-electron chi connectivity index (χ0n) is 62.3. The summed E-state index contributed by atoms with van der Waals surface area (Å²) in [6.45, 7) is 14.1. The maximum absolute atomic E-state index is 13.1. The molecule has 564 valence electrons. The highest BCUT2D eigenvalue weighted by atomic mass is 31.2. The van der Waals surface area contributed by atoms with Crippen molar-refractivity contribution in [1.82, 2.24) is 0 Å². The molecule has 0 aliphatic carbocycles. The molecule has 6 atom stereocenters. The summed E-state index contributed by atoms with van der Waals surface area (Å²) in [6, 6.07) is 0. The minimum atomic E-state index is -4.96.